The Morgan fingerprint density at radius 2 is 1.68 bits per heavy atom. The van der Waals surface area contributed by atoms with Crippen LogP contribution in [0.3, 0.4) is 0 Å². The third-order valence-corrected chi connectivity index (χ3v) is 3.51. The molecule has 1 saturated heterocycles. The van der Waals surface area contributed by atoms with Crippen molar-refractivity contribution < 1.29 is 26.1 Å². The summed E-state index contributed by atoms with van der Waals surface area (Å²) in [6, 6.07) is 0. The molecule has 0 aliphatic carbocycles. The Morgan fingerprint density at radius 3 is 2.00 bits per heavy atom. The van der Waals surface area contributed by atoms with Crippen LogP contribution in [0.25, 0.3) is 0 Å². The normalized spacial score (nSPS) is 14.8. The summed E-state index contributed by atoms with van der Waals surface area (Å²) in [7, 11) is -3.79. The molecule has 22 heavy (non-hydrogen) atoms. The van der Waals surface area contributed by atoms with Crippen LogP contribution in [0.2, 0.25) is 0 Å². The van der Waals surface area contributed by atoms with Gasteiger partial charge in [0, 0.05) is 0 Å². The predicted molar refractivity (Wildman–Crippen MR) is 83.5 cm³/mol. The van der Waals surface area contributed by atoms with Crippen molar-refractivity contribution in [2.45, 2.75) is 52.1 Å². The number of alkyl halides is 3. The van der Waals surface area contributed by atoms with Crippen LogP contribution in [0.15, 0.2) is 12.7 Å². The summed E-state index contributed by atoms with van der Waals surface area (Å²) in [5.41, 5.74) is 0. The van der Waals surface area contributed by atoms with Crippen molar-refractivity contribution in [1.29, 1.82) is 0 Å². The molecule has 1 heterocycles. The van der Waals surface area contributed by atoms with Crippen LogP contribution in [-0.4, -0.2) is 49.9 Å². The fraction of sp³-hybridized carbons (Fsp3) is 0.857. The van der Waals surface area contributed by atoms with Crippen molar-refractivity contribution in [1.82, 2.24) is 4.90 Å². The fourth-order valence-corrected chi connectivity index (χ4v) is 2.22. The molecule has 0 amide bonds. The van der Waals surface area contributed by atoms with Crippen molar-refractivity contribution in [2.75, 3.05) is 25.4 Å². The van der Waals surface area contributed by atoms with Gasteiger partial charge in [-0.05, 0) is 38.9 Å². The lowest BCUT2D eigenvalue weighted by Crippen LogP contribution is -2.20. The first-order valence-electron chi connectivity index (χ1n) is 7.43. The monoisotopic (exact) mass is 347 g/mol. The molecular formula is C14H28F3NO3S. The zero-order valence-corrected chi connectivity index (χ0v) is 14.0. The van der Waals surface area contributed by atoms with Crippen LogP contribution in [0, 0.1) is 0 Å². The Hall–Kier alpha value is -0.600. The summed E-state index contributed by atoms with van der Waals surface area (Å²) in [5.74, 6) is -0.368. The van der Waals surface area contributed by atoms with Crippen LogP contribution in [0.4, 0.5) is 13.2 Å². The van der Waals surface area contributed by atoms with E-state index < -0.39 is 16.8 Å². The summed E-state index contributed by atoms with van der Waals surface area (Å²) < 4.78 is 56.3. The quantitative estimate of drug-likeness (QED) is 0.431. The van der Waals surface area contributed by atoms with E-state index in [9.17, 15) is 21.6 Å². The molecule has 0 radical (unpaired) electrons. The zero-order valence-electron chi connectivity index (χ0n) is 13.2. The second-order valence-electron chi connectivity index (χ2n) is 4.89. The standard InChI is InChI=1S/C10H21N.C3H6O3S.CHF3/c1-2-3-4-5-8-11-9-6-7-10-11;1-2-3-7(4,5)6;2-1(3)4/h2-10H2,1H3;2H,1,3H2,(H,4,5,6);1H. The lowest BCUT2D eigenvalue weighted by Gasteiger charge is -2.13. The first-order valence-corrected chi connectivity index (χ1v) is 9.04. The molecule has 1 aliphatic rings. The summed E-state index contributed by atoms with van der Waals surface area (Å²) >= 11 is 0. The first kappa shape index (κ1) is 23.7. The molecule has 0 saturated carbocycles. The van der Waals surface area contributed by atoms with Gasteiger partial charge >= 0.3 is 6.68 Å². The largest absolute Gasteiger partial charge is 0.379 e. The molecule has 0 aromatic rings. The number of hydrogen-bond donors (Lipinski definition) is 1. The minimum absolute atomic E-state index is 0.368. The van der Waals surface area contributed by atoms with Crippen LogP contribution >= 0.6 is 0 Å². The summed E-state index contributed by atoms with van der Waals surface area (Å²) in [6.07, 6.45) is 9.64. The van der Waals surface area contributed by atoms with Crippen LogP contribution in [0.1, 0.15) is 45.4 Å². The van der Waals surface area contributed by atoms with Crippen molar-refractivity contribution >= 4 is 10.1 Å². The van der Waals surface area contributed by atoms with E-state index in [1.54, 1.807) is 0 Å². The summed E-state index contributed by atoms with van der Waals surface area (Å²) in [6.45, 7) is 5.81. The second-order valence-corrected chi connectivity index (χ2v) is 6.39. The van der Waals surface area contributed by atoms with Crippen LogP contribution < -0.4 is 0 Å². The highest BCUT2D eigenvalue weighted by Crippen LogP contribution is 2.09. The maximum Gasteiger partial charge on any atom is 0.379 e. The van der Waals surface area contributed by atoms with Gasteiger partial charge in [0.1, 0.15) is 0 Å². The number of unbranched alkanes of at least 4 members (excludes halogenated alkanes) is 3. The maximum absolute atomic E-state index is 9.72. The minimum Gasteiger partial charge on any atom is -0.303 e. The third kappa shape index (κ3) is 24.4. The third-order valence-electron chi connectivity index (χ3n) is 2.86. The highest BCUT2D eigenvalue weighted by molar-refractivity contribution is 7.85. The first-order chi connectivity index (χ1) is 10.2. The lowest BCUT2D eigenvalue weighted by molar-refractivity contribution is 0.00819. The fourth-order valence-electron chi connectivity index (χ4n) is 1.92. The Labute approximate surface area is 132 Å². The Bertz CT molecular complexity index is 342. The molecular weight excluding hydrogens is 319 g/mol. The van der Waals surface area contributed by atoms with E-state index in [0.29, 0.717) is 0 Å². The zero-order chi connectivity index (χ0) is 17.4. The van der Waals surface area contributed by atoms with Gasteiger partial charge in [-0.25, -0.2) is 0 Å². The van der Waals surface area contributed by atoms with Gasteiger partial charge in [-0.2, -0.15) is 21.6 Å². The van der Waals surface area contributed by atoms with Crippen LogP contribution in [-0.2, 0) is 10.1 Å². The van der Waals surface area contributed by atoms with Gasteiger partial charge in [0.05, 0.1) is 5.75 Å². The Morgan fingerprint density at radius 1 is 1.18 bits per heavy atom. The van der Waals surface area contributed by atoms with E-state index in [1.165, 1.54) is 58.2 Å². The maximum atomic E-state index is 9.72. The van der Waals surface area contributed by atoms with Gasteiger partial charge in [-0.15, -0.1) is 6.58 Å². The van der Waals surface area contributed by atoms with E-state index in [-0.39, 0.29) is 5.75 Å². The minimum atomic E-state index is -3.79. The van der Waals surface area contributed by atoms with Crippen LogP contribution in [0.5, 0.6) is 0 Å². The molecule has 8 heteroatoms. The summed E-state index contributed by atoms with van der Waals surface area (Å²) in [4.78, 5) is 2.61. The van der Waals surface area contributed by atoms with Crippen molar-refractivity contribution in [2.24, 2.45) is 0 Å². The van der Waals surface area contributed by atoms with Gasteiger partial charge < -0.3 is 4.90 Å². The number of halogens is 3. The molecule has 0 unspecified atom stereocenters. The number of likely N-dealkylation sites (tertiary alicyclic amines) is 1. The molecule has 0 spiro atoms. The highest BCUT2D eigenvalue weighted by atomic mass is 32.2. The molecule has 1 N–H and O–H groups in total. The molecule has 134 valence electrons. The predicted octanol–water partition coefficient (Wildman–Crippen LogP) is 3.90. The molecule has 0 aromatic heterocycles. The topological polar surface area (TPSA) is 57.6 Å². The van der Waals surface area contributed by atoms with Gasteiger partial charge in [0.15, 0.2) is 0 Å². The smallest absolute Gasteiger partial charge is 0.303 e. The van der Waals surface area contributed by atoms with Crippen molar-refractivity contribution in [3.8, 4) is 0 Å². The van der Waals surface area contributed by atoms with E-state index in [2.05, 4.69) is 18.4 Å². The number of rotatable bonds is 7. The van der Waals surface area contributed by atoms with Gasteiger partial charge in [-0.1, -0.05) is 32.3 Å². The van der Waals surface area contributed by atoms with Gasteiger partial charge in [-0.3, -0.25) is 4.55 Å². The van der Waals surface area contributed by atoms with Crippen molar-refractivity contribution in [3.63, 3.8) is 0 Å². The summed E-state index contributed by atoms with van der Waals surface area (Å²) in [5, 5.41) is 0. The van der Waals surface area contributed by atoms with Gasteiger partial charge in [0.25, 0.3) is 10.1 Å². The molecule has 0 bridgehead atoms. The Kier molecular flexibility index (Phi) is 16.5. The average molecular weight is 347 g/mol. The second kappa shape index (κ2) is 15.3. The molecule has 0 atom stereocenters. The van der Waals surface area contributed by atoms with E-state index in [0.717, 1.165) is 6.08 Å². The molecule has 1 fully saturated rings. The molecule has 0 aromatic carbocycles. The molecule has 1 rings (SSSR count). The lowest BCUT2D eigenvalue weighted by atomic mass is 10.2. The molecule has 1 aliphatic heterocycles. The number of nitrogens with zero attached hydrogens (tertiary/aromatic N) is 1. The van der Waals surface area contributed by atoms with E-state index >= 15 is 0 Å². The number of hydrogen-bond acceptors (Lipinski definition) is 3. The van der Waals surface area contributed by atoms with E-state index in [1.807, 2.05) is 0 Å². The Balaban J connectivity index is 0. The van der Waals surface area contributed by atoms with E-state index in [4.69, 9.17) is 4.55 Å². The van der Waals surface area contributed by atoms with Crippen molar-refractivity contribution in [3.05, 3.63) is 12.7 Å². The van der Waals surface area contributed by atoms with Gasteiger partial charge in [0.2, 0.25) is 0 Å². The highest BCUT2D eigenvalue weighted by Gasteiger charge is 2.09. The average Bonchev–Trinajstić information content (AvgIpc) is 2.86. The SMILES string of the molecule is C=CCS(=O)(=O)O.CCCCCCN1CCCC1.FC(F)F. The molecule has 4 nitrogen and oxygen atoms in total.